The number of likely N-dealkylation sites (N-methyl/N-ethyl adjacent to an activating group) is 1. The first-order chi connectivity index (χ1) is 8.17. The molecular formula is C14H22BrNO. The fourth-order valence-corrected chi connectivity index (χ4v) is 2.34. The highest BCUT2D eigenvalue weighted by molar-refractivity contribution is 9.10. The molecule has 0 bridgehead atoms. The molecule has 0 atom stereocenters. The Kier molecular flexibility index (Phi) is 6.60. The van der Waals surface area contributed by atoms with E-state index in [4.69, 9.17) is 4.74 Å². The van der Waals surface area contributed by atoms with Gasteiger partial charge in [0.15, 0.2) is 0 Å². The minimum absolute atomic E-state index is 0.668. The van der Waals surface area contributed by atoms with Gasteiger partial charge in [-0.3, -0.25) is 0 Å². The number of hydrogen-bond acceptors (Lipinski definition) is 2. The van der Waals surface area contributed by atoms with Crippen molar-refractivity contribution < 1.29 is 4.74 Å². The van der Waals surface area contributed by atoms with Crippen LogP contribution in [0.3, 0.4) is 0 Å². The molecule has 1 rings (SSSR count). The average molecular weight is 300 g/mol. The van der Waals surface area contributed by atoms with Crippen molar-refractivity contribution >= 4 is 15.9 Å². The van der Waals surface area contributed by atoms with Gasteiger partial charge < -0.3 is 9.64 Å². The molecule has 96 valence electrons. The van der Waals surface area contributed by atoms with Crippen molar-refractivity contribution in [3.8, 4) is 5.75 Å². The van der Waals surface area contributed by atoms with E-state index in [1.54, 1.807) is 0 Å². The number of benzene rings is 1. The van der Waals surface area contributed by atoms with Crippen molar-refractivity contribution in [1.82, 2.24) is 4.90 Å². The van der Waals surface area contributed by atoms with E-state index in [-0.39, 0.29) is 0 Å². The highest BCUT2D eigenvalue weighted by Gasteiger charge is 2.09. The summed E-state index contributed by atoms with van der Waals surface area (Å²) < 4.78 is 6.78. The Morgan fingerprint density at radius 1 is 1.29 bits per heavy atom. The fourth-order valence-electron chi connectivity index (χ4n) is 1.96. The maximum Gasteiger partial charge on any atom is 0.120 e. The van der Waals surface area contributed by atoms with E-state index in [1.165, 1.54) is 12.8 Å². The highest BCUT2D eigenvalue weighted by atomic mass is 79.9. The summed E-state index contributed by atoms with van der Waals surface area (Å²) in [6.45, 7) is 6.18. The van der Waals surface area contributed by atoms with Crippen LogP contribution in [0.1, 0.15) is 26.7 Å². The Morgan fingerprint density at radius 3 is 2.59 bits per heavy atom. The summed E-state index contributed by atoms with van der Waals surface area (Å²) in [5, 5.41) is 0. The molecule has 0 aliphatic heterocycles. The van der Waals surface area contributed by atoms with Crippen LogP contribution < -0.4 is 4.74 Å². The van der Waals surface area contributed by atoms with Crippen LogP contribution in [-0.4, -0.2) is 31.1 Å². The summed E-state index contributed by atoms with van der Waals surface area (Å²) in [5.41, 5.74) is 0. The van der Waals surface area contributed by atoms with Crippen molar-refractivity contribution in [3.05, 3.63) is 28.7 Å². The number of nitrogens with zero attached hydrogens (tertiary/aromatic N) is 1. The lowest BCUT2D eigenvalue weighted by Crippen LogP contribution is -2.33. The summed E-state index contributed by atoms with van der Waals surface area (Å²) in [7, 11) is 2.17. The Hall–Kier alpha value is -0.540. The zero-order valence-corrected chi connectivity index (χ0v) is 12.5. The standard InChI is InChI=1S/C14H22BrNO/c1-4-13(5-2)16(3)9-10-17-14-8-6-7-12(15)11-14/h6-8,11,13H,4-5,9-10H2,1-3H3. The van der Waals surface area contributed by atoms with E-state index in [0.717, 1.165) is 23.4 Å². The average Bonchev–Trinajstić information content (AvgIpc) is 2.30. The maximum absolute atomic E-state index is 5.72. The lowest BCUT2D eigenvalue weighted by molar-refractivity contribution is 0.183. The van der Waals surface area contributed by atoms with Crippen molar-refractivity contribution in [2.75, 3.05) is 20.2 Å². The molecule has 0 aliphatic rings. The smallest absolute Gasteiger partial charge is 0.120 e. The van der Waals surface area contributed by atoms with E-state index < -0.39 is 0 Å². The fraction of sp³-hybridized carbons (Fsp3) is 0.571. The van der Waals surface area contributed by atoms with Gasteiger partial charge in [-0.2, -0.15) is 0 Å². The minimum atomic E-state index is 0.668. The van der Waals surface area contributed by atoms with E-state index in [2.05, 4.69) is 41.7 Å². The first-order valence-corrected chi connectivity index (χ1v) is 7.05. The van der Waals surface area contributed by atoms with Gasteiger partial charge in [0.2, 0.25) is 0 Å². The van der Waals surface area contributed by atoms with Gasteiger partial charge in [0.25, 0.3) is 0 Å². The SMILES string of the molecule is CCC(CC)N(C)CCOc1cccc(Br)c1. The number of ether oxygens (including phenoxy) is 1. The molecule has 0 fully saturated rings. The summed E-state index contributed by atoms with van der Waals surface area (Å²) in [5.74, 6) is 0.928. The van der Waals surface area contributed by atoms with Crippen LogP contribution in [0.15, 0.2) is 28.7 Å². The Bertz CT molecular complexity index is 326. The van der Waals surface area contributed by atoms with E-state index in [0.29, 0.717) is 6.04 Å². The van der Waals surface area contributed by atoms with Crippen molar-refractivity contribution in [3.63, 3.8) is 0 Å². The van der Waals surface area contributed by atoms with Crippen LogP contribution in [0.4, 0.5) is 0 Å². The van der Waals surface area contributed by atoms with Gasteiger partial charge in [-0.25, -0.2) is 0 Å². The second-order valence-corrected chi connectivity index (χ2v) is 5.17. The van der Waals surface area contributed by atoms with Gasteiger partial charge in [-0.15, -0.1) is 0 Å². The van der Waals surface area contributed by atoms with Crippen molar-refractivity contribution in [2.45, 2.75) is 32.7 Å². The number of rotatable bonds is 7. The molecule has 0 aromatic heterocycles. The topological polar surface area (TPSA) is 12.5 Å². The molecule has 0 spiro atoms. The third kappa shape index (κ3) is 5.09. The van der Waals surface area contributed by atoms with Crippen LogP contribution in [0.5, 0.6) is 5.75 Å². The molecule has 0 saturated heterocycles. The van der Waals surface area contributed by atoms with Crippen molar-refractivity contribution in [2.24, 2.45) is 0 Å². The first-order valence-electron chi connectivity index (χ1n) is 6.26. The molecule has 0 unspecified atom stereocenters. The Labute approximate surface area is 113 Å². The molecule has 17 heavy (non-hydrogen) atoms. The van der Waals surface area contributed by atoms with Crippen LogP contribution in [0.25, 0.3) is 0 Å². The maximum atomic E-state index is 5.72. The monoisotopic (exact) mass is 299 g/mol. The minimum Gasteiger partial charge on any atom is -0.492 e. The molecule has 0 N–H and O–H groups in total. The van der Waals surface area contributed by atoms with Crippen LogP contribution >= 0.6 is 15.9 Å². The van der Waals surface area contributed by atoms with Crippen LogP contribution in [0, 0.1) is 0 Å². The molecule has 2 nitrogen and oxygen atoms in total. The molecule has 0 radical (unpaired) electrons. The Morgan fingerprint density at radius 2 is 2.00 bits per heavy atom. The predicted molar refractivity (Wildman–Crippen MR) is 76.6 cm³/mol. The molecular weight excluding hydrogens is 278 g/mol. The highest BCUT2D eigenvalue weighted by Crippen LogP contribution is 2.17. The summed E-state index contributed by atoms with van der Waals surface area (Å²) in [6, 6.07) is 8.65. The summed E-state index contributed by atoms with van der Waals surface area (Å²) >= 11 is 3.44. The first kappa shape index (κ1) is 14.5. The van der Waals surface area contributed by atoms with E-state index in [1.807, 2.05) is 24.3 Å². The lowest BCUT2D eigenvalue weighted by Gasteiger charge is -2.25. The van der Waals surface area contributed by atoms with Gasteiger partial charge in [-0.05, 0) is 38.1 Å². The van der Waals surface area contributed by atoms with Crippen LogP contribution in [-0.2, 0) is 0 Å². The van der Waals surface area contributed by atoms with E-state index >= 15 is 0 Å². The molecule has 1 aromatic carbocycles. The zero-order valence-electron chi connectivity index (χ0n) is 10.9. The third-order valence-corrected chi connectivity index (χ3v) is 3.57. The molecule has 0 amide bonds. The quantitative estimate of drug-likeness (QED) is 0.756. The normalized spacial score (nSPS) is 11.2. The second-order valence-electron chi connectivity index (χ2n) is 4.26. The Balaban J connectivity index is 2.32. The van der Waals surface area contributed by atoms with Gasteiger partial charge in [0, 0.05) is 17.1 Å². The lowest BCUT2D eigenvalue weighted by atomic mass is 10.1. The van der Waals surface area contributed by atoms with Gasteiger partial charge in [0.1, 0.15) is 12.4 Å². The summed E-state index contributed by atoms with van der Waals surface area (Å²) in [6.07, 6.45) is 2.40. The van der Waals surface area contributed by atoms with Gasteiger partial charge >= 0.3 is 0 Å². The zero-order chi connectivity index (χ0) is 12.7. The van der Waals surface area contributed by atoms with Crippen LogP contribution in [0.2, 0.25) is 0 Å². The third-order valence-electron chi connectivity index (χ3n) is 3.07. The predicted octanol–water partition coefficient (Wildman–Crippen LogP) is 3.95. The second kappa shape index (κ2) is 7.72. The number of halogens is 1. The van der Waals surface area contributed by atoms with Crippen molar-refractivity contribution in [1.29, 1.82) is 0 Å². The number of hydrogen-bond donors (Lipinski definition) is 0. The molecule has 0 aliphatic carbocycles. The largest absolute Gasteiger partial charge is 0.492 e. The molecule has 3 heteroatoms. The molecule has 0 heterocycles. The summed E-state index contributed by atoms with van der Waals surface area (Å²) in [4.78, 5) is 2.37. The van der Waals surface area contributed by atoms with Gasteiger partial charge in [0.05, 0.1) is 0 Å². The van der Waals surface area contributed by atoms with Gasteiger partial charge in [-0.1, -0.05) is 35.8 Å². The molecule has 0 saturated carbocycles. The molecule has 1 aromatic rings. The van der Waals surface area contributed by atoms with E-state index in [9.17, 15) is 0 Å².